The van der Waals surface area contributed by atoms with E-state index in [0.717, 1.165) is 18.7 Å². The van der Waals surface area contributed by atoms with Gasteiger partial charge in [-0.25, -0.2) is 0 Å². The molecule has 0 saturated carbocycles. The third-order valence-corrected chi connectivity index (χ3v) is 3.54. The van der Waals surface area contributed by atoms with Gasteiger partial charge in [-0.1, -0.05) is 19.9 Å². The summed E-state index contributed by atoms with van der Waals surface area (Å²) in [4.78, 5) is 0. The van der Waals surface area contributed by atoms with E-state index >= 15 is 0 Å². The first-order chi connectivity index (χ1) is 7.59. The summed E-state index contributed by atoms with van der Waals surface area (Å²) < 4.78 is 0. The molecule has 0 spiro atoms. The number of hydrogen-bond acceptors (Lipinski definition) is 2. The lowest BCUT2D eigenvalue weighted by Gasteiger charge is -2.17. The summed E-state index contributed by atoms with van der Waals surface area (Å²) in [5.41, 5.74) is 3.70. The first kappa shape index (κ1) is 11.5. The lowest BCUT2D eigenvalue weighted by molar-refractivity contribution is 0.463. The molecule has 16 heavy (non-hydrogen) atoms. The molecule has 1 fully saturated rings. The van der Waals surface area contributed by atoms with Gasteiger partial charge in [-0.05, 0) is 54.5 Å². The van der Waals surface area contributed by atoms with Crippen LogP contribution in [0.25, 0.3) is 0 Å². The minimum Gasteiger partial charge on any atom is -0.508 e. The minimum atomic E-state index is 0.383. The van der Waals surface area contributed by atoms with Gasteiger partial charge < -0.3 is 10.4 Å². The highest BCUT2D eigenvalue weighted by molar-refractivity contribution is 5.44. The van der Waals surface area contributed by atoms with Crippen molar-refractivity contribution >= 4 is 0 Å². The number of nitrogens with one attached hydrogen (secondary N) is 1. The van der Waals surface area contributed by atoms with E-state index in [1.165, 1.54) is 17.5 Å². The molecular weight excluding hydrogens is 198 g/mol. The predicted molar refractivity (Wildman–Crippen MR) is 67.2 cm³/mol. The summed E-state index contributed by atoms with van der Waals surface area (Å²) >= 11 is 0. The second-order valence-corrected chi connectivity index (χ2v) is 5.11. The molecule has 1 aromatic carbocycles. The second-order valence-electron chi connectivity index (χ2n) is 5.11. The Labute approximate surface area is 97.7 Å². The summed E-state index contributed by atoms with van der Waals surface area (Å²) in [6, 6.07) is 4.12. The molecule has 1 heterocycles. The molecule has 0 aliphatic carbocycles. The number of hydrogen-bond donors (Lipinski definition) is 2. The predicted octanol–water partition coefficient (Wildman–Crippen LogP) is 2.90. The smallest absolute Gasteiger partial charge is 0.119 e. The maximum absolute atomic E-state index is 9.91. The summed E-state index contributed by atoms with van der Waals surface area (Å²) in [7, 11) is 0. The maximum atomic E-state index is 9.91. The van der Waals surface area contributed by atoms with Crippen LogP contribution in [0, 0.1) is 6.92 Å². The van der Waals surface area contributed by atoms with Crippen molar-refractivity contribution in [3.63, 3.8) is 0 Å². The van der Waals surface area contributed by atoms with E-state index in [2.05, 4.69) is 32.2 Å². The quantitative estimate of drug-likeness (QED) is 0.801. The fraction of sp³-hybridized carbons (Fsp3) is 0.571. The summed E-state index contributed by atoms with van der Waals surface area (Å²) in [6.07, 6.45) is 1.21. The standard InChI is InChI=1S/C14H21NO/c1-9(2)12-7-13(10(3)6-14(12)16)11-4-5-15-8-11/h6-7,9,11,15-16H,4-5,8H2,1-3H3. The molecule has 1 aromatic rings. The first-order valence-corrected chi connectivity index (χ1v) is 6.13. The van der Waals surface area contributed by atoms with Gasteiger partial charge in [0.25, 0.3) is 0 Å². The zero-order valence-corrected chi connectivity index (χ0v) is 10.4. The van der Waals surface area contributed by atoms with Crippen molar-refractivity contribution in [2.24, 2.45) is 0 Å². The van der Waals surface area contributed by atoms with Crippen LogP contribution in [0.5, 0.6) is 5.75 Å². The molecule has 1 atom stereocenters. The van der Waals surface area contributed by atoms with Crippen molar-refractivity contribution < 1.29 is 5.11 Å². The Morgan fingerprint density at radius 2 is 2.12 bits per heavy atom. The topological polar surface area (TPSA) is 32.3 Å². The van der Waals surface area contributed by atoms with E-state index in [1.807, 2.05) is 6.07 Å². The third-order valence-electron chi connectivity index (χ3n) is 3.54. The molecular formula is C14H21NO. The monoisotopic (exact) mass is 219 g/mol. The van der Waals surface area contributed by atoms with E-state index in [1.54, 1.807) is 0 Å². The van der Waals surface area contributed by atoms with Crippen LogP contribution in [0.3, 0.4) is 0 Å². The van der Waals surface area contributed by atoms with Crippen LogP contribution in [0.4, 0.5) is 0 Å². The summed E-state index contributed by atoms with van der Waals surface area (Å²) in [5.74, 6) is 1.45. The van der Waals surface area contributed by atoms with Crippen LogP contribution in [0.1, 0.15) is 48.8 Å². The highest BCUT2D eigenvalue weighted by Crippen LogP contribution is 2.33. The molecule has 2 rings (SSSR count). The van der Waals surface area contributed by atoms with Crippen molar-refractivity contribution in [1.82, 2.24) is 5.32 Å². The van der Waals surface area contributed by atoms with Gasteiger partial charge in [0.05, 0.1) is 0 Å². The summed E-state index contributed by atoms with van der Waals surface area (Å²) in [6.45, 7) is 8.53. The summed E-state index contributed by atoms with van der Waals surface area (Å²) in [5, 5.41) is 13.3. The average Bonchev–Trinajstić information content (AvgIpc) is 2.70. The van der Waals surface area contributed by atoms with Gasteiger partial charge in [0.15, 0.2) is 0 Å². The van der Waals surface area contributed by atoms with Crippen LogP contribution < -0.4 is 5.32 Å². The second kappa shape index (κ2) is 4.46. The van der Waals surface area contributed by atoms with E-state index in [4.69, 9.17) is 0 Å². The Morgan fingerprint density at radius 1 is 1.38 bits per heavy atom. The van der Waals surface area contributed by atoms with Gasteiger partial charge >= 0.3 is 0 Å². The van der Waals surface area contributed by atoms with Gasteiger partial charge in [-0.2, -0.15) is 0 Å². The van der Waals surface area contributed by atoms with Crippen molar-refractivity contribution in [3.8, 4) is 5.75 Å². The van der Waals surface area contributed by atoms with E-state index < -0.39 is 0 Å². The van der Waals surface area contributed by atoms with Gasteiger partial charge in [-0.15, -0.1) is 0 Å². The molecule has 1 aliphatic rings. The van der Waals surface area contributed by atoms with Crippen LogP contribution in [0.2, 0.25) is 0 Å². The van der Waals surface area contributed by atoms with Crippen LogP contribution in [-0.4, -0.2) is 18.2 Å². The Morgan fingerprint density at radius 3 is 2.69 bits per heavy atom. The SMILES string of the molecule is Cc1cc(O)c(C(C)C)cc1C1CCNC1. The zero-order valence-electron chi connectivity index (χ0n) is 10.4. The largest absolute Gasteiger partial charge is 0.508 e. The molecule has 0 amide bonds. The highest BCUT2D eigenvalue weighted by atomic mass is 16.3. The van der Waals surface area contributed by atoms with Crippen molar-refractivity contribution in [2.75, 3.05) is 13.1 Å². The molecule has 0 radical (unpaired) electrons. The van der Waals surface area contributed by atoms with Crippen LogP contribution >= 0.6 is 0 Å². The fourth-order valence-electron chi connectivity index (χ4n) is 2.55. The lowest BCUT2D eigenvalue weighted by Crippen LogP contribution is -2.09. The van der Waals surface area contributed by atoms with Crippen LogP contribution in [-0.2, 0) is 0 Å². The van der Waals surface area contributed by atoms with Gasteiger partial charge in [0, 0.05) is 6.54 Å². The van der Waals surface area contributed by atoms with E-state index in [0.29, 0.717) is 17.6 Å². The molecule has 88 valence electrons. The number of rotatable bonds is 2. The number of aryl methyl sites for hydroxylation is 1. The van der Waals surface area contributed by atoms with E-state index in [-0.39, 0.29) is 0 Å². The number of aromatic hydroxyl groups is 1. The Balaban J connectivity index is 2.40. The average molecular weight is 219 g/mol. The minimum absolute atomic E-state index is 0.383. The van der Waals surface area contributed by atoms with Gasteiger partial charge in [0.2, 0.25) is 0 Å². The molecule has 1 unspecified atom stereocenters. The molecule has 2 nitrogen and oxygen atoms in total. The fourth-order valence-corrected chi connectivity index (χ4v) is 2.55. The Hall–Kier alpha value is -1.02. The molecule has 1 saturated heterocycles. The molecule has 0 aromatic heterocycles. The molecule has 2 heteroatoms. The molecule has 0 bridgehead atoms. The Bertz CT molecular complexity index is 379. The normalized spacial score (nSPS) is 20.6. The number of phenols is 1. The highest BCUT2D eigenvalue weighted by Gasteiger charge is 2.20. The Kier molecular flexibility index (Phi) is 3.20. The van der Waals surface area contributed by atoms with E-state index in [9.17, 15) is 5.11 Å². The molecule has 2 N–H and O–H groups in total. The lowest BCUT2D eigenvalue weighted by atomic mass is 9.89. The van der Waals surface area contributed by atoms with Gasteiger partial charge in [0.1, 0.15) is 5.75 Å². The zero-order chi connectivity index (χ0) is 11.7. The van der Waals surface area contributed by atoms with Crippen molar-refractivity contribution in [3.05, 3.63) is 28.8 Å². The van der Waals surface area contributed by atoms with Crippen LogP contribution in [0.15, 0.2) is 12.1 Å². The third kappa shape index (κ3) is 2.07. The first-order valence-electron chi connectivity index (χ1n) is 6.13. The van der Waals surface area contributed by atoms with Crippen molar-refractivity contribution in [2.45, 2.75) is 39.0 Å². The number of phenolic OH excluding ortho intramolecular Hbond substituents is 1. The van der Waals surface area contributed by atoms with Crippen molar-refractivity contribution in [1.29, 1.82) is 0 Å². The maximum Gasteiger partial charge on any atom is 0.119 e. The van der Waals surface area contributed by atoms with Gasteiger partial charge in [-0.3, -0.25) is 0 Å². The number of benzene rings is 1. The molecule has 1 aliphatic heterocycles.